The molecule has 0 radical (unpaired) electrons. The molecule has 1 aliphatic heterocycles. The molecular weight excluding hydrogens is 214 g/mol. The van der Waals surface area contributed by atoms with Gasteiger partial charge in [0.05, 0.1) is 5.75 Å². The highest BCUT2D eigenvalue weighted by molar-refractivity contribution is 7.90. The molecule has 0 aromatic heterocycles. The Balaban J connectivity index is 2.23. The van der Waals surface area contributed by atoms with Crippen molar-refractivity contribution in [2.75, 3.05) is 25.1 Å². The molecule has 0 bridgehead atoms. The number of amides is 1. The van der Waals surface area contributed by atoms with Gasteiger partial charge in [0, 0.05) is 25.8 Å². The van der Waals surface area contributed by atoms with Gasteiger partial charge in [-0.1, -0.05) is 0 Å². The van der Waals surface area contributed by atoms with Gasteiger partial charge in [-0.15, -0.1) is 0 Å². The van der Waals surface area contributed by atoms with Crippen molar-refractivity contribution < 1.29 is 13.2 Å². The molecule has 1 saturated heterocycles. The number of likely N-dealkylation sites (tertiary alicyclic amines) is 1. The van der Waals surface area contributed by atoms with Crippen LogP contribution in [0.5, 0.6) is 0 Å². The first-order valence-corrected chi connectivity index (χ1v) is 7.50. The van der Waals surface area contributed by atoms with Crippen LogP contribution >= 0.6 is 0 Å². The molecule has 1 aliphatic rings. The fourth-order valence-corrected chi connectivity index (χ4v) is 2.46. The fraction of sp³-hybridized carbons (Fsp3) is 0.900. The number of hydrogen-bond donors (Lipinski definition) is 0. The van der Waals surface area contributed by atoms with Gasteiger partial charge in [0.15, 0.2) is 0 Å². The molecule has 5 heteroatoms. The molecule has 0 aromatic rings. The Hall–Kier alpha value is -0.580. The van der Waals surface area contributed by atoms with Crippen LogP contribution in [0.2, 0.25) is 0 Å². The van der Waals surface area contributed by atoms with E-state index in [-0.39, 0.29) is 11.7 Å². The minimum Gasteiger partial charge on any atom is -0.343 e. The first-order chi connectivity index (χ1) is 6.99. The van der Waals surface area contributed by atoms with Gasteiger partial charge in [-0.25, -0.2) is 8.42 Å². The van der Waals surface area contributed by atoms with E-state index >= 15 is 0 Å². The van der Waals surface area contributed by atoms with Gasteiger partial charge in [0.25, 0.3) is 0 Å². The highest BCUT2D eigenvalue weighted by Gasteiger charge is 2.16. The Labute approximate surface area is 91.6 Å². The topological polar surface area (TPSA) is 54.5 Å². The minimum atomic E-state index is -2.92. The van der Waals surface area contributed by atoms with Gasteiger partial charge in [-0.3, -0.25) is 4.79 Å². The van der Waals surface area contributed by atoms with Gasteiger partial charge < -0.3 is 4.90 Å². The molecule has 1 amide bonds. The molecule has 0 aromatic carbocycles. The van der Waals surface area contributed by atoms with E-state index in [9.17, 15) is 13.2 Å². The van der Waals surface area contributed by atoms with Crippen LogP contribution in [0.15, 0.2) is 0 Å². The number of piperidine rings is 1. The molecule has 4 nitrogen and oxygen atoms in total. The summed E-state index contributed by atoms with van der Waals surface area (Å²) in [6.07, 6.45) is 5.39. The Kier molecular flexibility index (Phi) is 4.57. The third-order valence-corrected chi connectivity index (χ3v) is 3.64. The summed E-state index contributed by atoms with van der Waals surface area (Å²) in [4.78, 5) is 13.5. The summed E-state index contributed by atoms with van der Waals surface area (Å²) in [5, 5.41) is 0. The molecule has 0 unspecified atom stereocenters. The van der Waals surface area contributed by atoms with Crippen molar-refractivity contribution in [3.8, 4) is 0 Å². The van der Waals surface area contributed by atoms with Crippen LogP contribution in [0.25, 0.3) is 0 Å². The van der Waals surface area contributed by atoms with Gasteiger partial charge >= 0.3 is 0 Å². The molecule has 1 heterocycles. The van der Waals surface area contributed by atoms with E-state index in [1.165, 1.54) is 12.7 Å². The van der Waals surface area contributed by atoms with Crippen LogP contribution in [0.3, 0.4) is 0 Å². The van der Waals surface area contributed by atoms with Crippen LogP contribution in [0, 0.1) is 0 Å². The maximum absolute atomic E-state index is 11.6. The first-order valence-electron chi connectivity index (χ1n) is 5.44. The van der Waals surface area contributed by atoms with Crippen LogP contribution in [-0.2, 0) is 14.6 Å². The van der Waals surface area contributed by atoms with Crippen molar-refractivity contribution >= 4 is 15.7 Å². The zero-order valence-corrected chi connectivity index (χ0v) is 10.1. The molecule has 0 spiro atoms. The standard InChI is InChI=1S/C10H19NO3S/c1-15(13,14)9-5-6-10(12)11-7-3-2-4-8-11/h2-9H2,1H3. The number of rotatable bonds is 4. The van der Waals surface area contributed by atoms with E-state index in [1.807, 2.05) is 4.90 Å². The molecular formula is C10H19NO3S. The third kappa shape index (κ3) is 5.16. The maximum atomic E-state index is 11.6. The average Bonchev–Trinajstić information content (AvgIpc) is 2.17. The van der Waals surface area contributed by atoms with E-state index in [1.54, 1.807) is 0 Å². The molecule has 0 atom stereocenters. The summed E-state index contributed by atoms with van der Waals surface area (Å²) in [6.45, 7) is 1.69. The molecule has 0 saturated carbocycles. The van der Waals surface area contributed by atoms with Crippen LogP contribution in [0.1, 0.15) is 32.1 Å². The van der Waals surface area contributed by atoms with E-state index in [4.69, 9.17) is 0 Å². The molecule has 15 heavy (non-hydrogen) atoms. The predicted molar refractivity (Wildman–Crippen MR) is 59.4 cm³/mol. The summed E-state index contributed by atoms with van der Waals surface area (Å²) in [5.41, 5.74) is 0. The lowest BCUT2D eigenvalue weighted by Crippen LogP contribution is -2.35. The highest BCUT2D eigenvalue weighted by atomic mass is 32.2. The van der Waals surface area contributed by atoms with Gasteiger partial charge in [0.1, 0.15) is 9.84 Å². The second-order valence-electron chi connectivity index (χ2n) is 4.17. The summed E-state index contributed by atoms with van der Waals surface area (Å²) >= 11 is 0. The van der Waals surface area contributed by atoms with Gasteiger partial charge in [-0.2, -0.15) is 0 Å². The van der Waals surface area contributed by atoms with Crippen LogP contribution < -0.4 is 0 Å². The summed E-state index contributed by atoms with van der Waals surface area (Å²) in [5.74, 6) is 0.227. The van der Waals surface area contributed by atoms with Gasteiger partial charge in [-0.05, 0) is 25.7 Å². The van der Waals surface area contributed by atoms with Crippen molar-refractivity contribution in [1.29, 1.82) is 0 Å². The Bertz CT molecular complexity index is 305. The Morgan fingerprint density at radius 2 is 1.80 bits per heavy atom. The lowest BCUT2D eigenvalue weighted by atomic mass is 10.1. The smallest absolute Gasteiger partial charge is 0.222 e. The van der Waals surface area contributed by atoms with E-state index in [0.29, 0.717) is 12.8 Å². The number of carbonyl (C=O) groups excluding carboxylic acids is 1. The SMILES string of the molecule is CS(=O)(=O)CCCC(=O)N1CCCCC1. The summed E-state index contributed by atoms with van der Waals surface area (Å²) < 4.78 is 21.7. The quantitative estimate of drug-likeness (QED) is 0.722. The number of sulfone groups is 1. The van der Waals surface area contributed by atoms with E-state index < -0.39 is 9.84 Å². The molecule has 1 fully saturated rings. The van der Waals surface area contributed by atoms with Crippen molar-refractivity contribution in [1.82, 2.24) is 4.90 Å². The number of hydrogen-bond acceptors (Lipinski definition) is 3. The average molecular weight is 233 g/mol. The van der Waals surface area contributed by atoms with E-state index in [0.717, 1.165) is 25.9 Å². The van der Waals surface area contributed by atoms with Crippen molar-refractivity contribution in [2.45, 2.75) is 32.1 Å². The number of carbonyl (C=O) groups is 1. The van der Waals surface area contributed by atoms with Crippen molar-refractivity contribution in [2.24, 2.45) is 0 Å². The molecule has 88 valence electrons. The predicted octanol–water partition coefficient (Wildman–Crippen LogP) is 0.824. The van der Waals surface area contributed by atoms with Crippen molar-refractivity contribution in [3.05, 3.63) is 0 Å². The fourth-order valence-electron chi connectivity index (χ4n) is 1.79. The van der Waals surface area contributed by atoms with Crippen LogP contribution in [0.4, 0.5) is 0 Å². The minimum absolute atomic E-state index is 0.110. The monoisotopic (exact) mass is 233 g/mol. The zero-order chi connectivity index (χ0) is 11.3. The third-order valence-electron chi connectivity index (χ3n) is 2.61. The zero-order valence-electron chi connectivity index (χ0n) is 9.24. The maximum Gasteiger partial charge on any atom is 0.222 e. The molecule has 0 aliphatic carbocycles. The summed E-state index contributed by atoms with van der Waals surface area (Å²) in [7, 11) is -2.92. The lowest BCUT2D eigenvalue weighted by Gasteiger charge is -2.26. The first kappa shape index (κ1) is 12.5. The normalized spacial score (nSPS) is 17.8. The largest absolute Gasteiger partial charge is 0.343 e. The molecule has 0 N–H and O–H groups in total. The highest BCUT2D eigenvalue weighted by Crippen LogP contribution is 2.10. The molecule has 1 rings (SSSR count). The second-order valence-corrected chi connectivity index (χ2v) is 6.43. The number of nitrogens with zero attached hydrogens (tertiary/aromatic N) is 1. The van der Waals surface area contributed by atoms with Crippen molar-refractivity contribution in [3.63, 3.8) is 0 Å². The Morgan fingerprint density at radius 1 is 1.20 bits per heavy atom. The van der Waals surface area contributed by atoms with Crippen LogP contribution in [-0.4, -0.2) is 44.3 Å². The van der Waals surface area contributed by atoms with Gasteiger partial charge in [0.2, 0.25) is 5.91 Å². The summed E-state index contributed by atoms with van der Waals surface area (Å²) in [6, 6.07) is 0. The Morgan fingerprint density at radius 3 is 2.33 bits per heavy atom. The second kappa shape index (κ2) is 5.49. The van der Waals surface area contributed by atoms with E-state index in [2.05, 4.69) is 0 Å². The lowest BCUT2D eigenvalue weighted by molar-refractivity contribution is -0.132.